The summed E-state index contributed by atoms with van der Waals surface area (Å²) in [5.41, 5.74) is 0.684. The molecule has 1 rings (SSSR count). The second-order valence-electron chi connectivity index (χ2n) is 3.16. The third-order valence-corrected chi connectivity index (χ3v) is 2.06. The van der Waals surface area contributed by atoms with E-state index in [2.05, 4.69) is 4.98 Å². The van der Waals surface area contributed by atoms with Crippen LogP contribution in [0.4, 0.5) is 0 Å². The summed E-state index contributed by atoms with van der Waals surface area (Å²) >= 11 is 0. The quantitative estimate of drug-likeness (QED) is 0.580. The van der Waals surface area contributed by atoms with E-state index in [1.165, 1.54) is 18.3 Å². The maximum absolute atomic E-state index is 10.3. The lowest BCUT2D eigenvalue weighted by atomic mass is 10.0. The molecular weight excluding hydrogens is 198 g/mol. The average Bonchev–Trinajstić information content (AvgIpc) is 2.28. The second kappa shape index (κ2) is 5.55. The van der Waals surface area contributed by atoms with Crippen LogP contribution in [-0.4, -0.2) is 39.3 Å². The highest BCUT2D eigenvalue weighted by molar-refractivity contribution is 5.71. The summed E-state index contributed by atoms with van der Waals surface area (Å²) in [6.07, 6.45) is -0.101. The lowest BCUT2D eigenvalue weighted by molar-refractivity contribution is 0.00403. The van der Waals surface area contributed by atoms with Crippen LogP contribution in [0.15, 0.2) is 18.3 Å². The summed E-state index contributed by atoms with van der Waals surface area (Å²) in [6.45, 7) is -0.196. The Bertz CT molecular complexity index is 312. The molecule has 0 fully saturated rings. The molecule has 2 unspecified atom stereocenters. The van der Waals surface area contributed by atoms with Crippen LogP contribution in [-0.2, 0) is 0 Å². The van der Waals surface area contributed by atoms with Gasteiger partial charge in [-0.05, 0) is 12.5 Å². The minimum absolute atomic E-state index is 0.0938. The van der Waals surface area contributed by atoms with E-state index in [9.17, 15) is 15.0 Å². The van der Waals surface area contributed by atoms with E-state index >= 15 is 0 Å². The number of aliphatic hydroxyl groups is 3. The van der Waals surface area contributed by atoms with Crippen LogP contribution in [0.3, 0.4) is 0 Å². The summed E-state index contributed by atoms with van der Waals surface area (Å²) in [5.74, 6) is 0. The largest absolute Gasteiger partial charge is 0.396 e. The molecule has 2 atom stereocenters. The SMILES string of the molecule is O=Cc1ccc(C(O)C(O)CCO)cn1. The maximum atomic E-state index is 10.3. The molecule has 0 aliphatic heterocycles. The Hall–Kier alpha value is -1.30. The smallest absolute Gasteiger partial charge is 0.168 e. The maximum Gasteiger partial charge on any atom is 0.168 e. The summed E-state index contributed by atoms with van der Waals surface area (Å²) < 4.78 is 0. The molecule has 15 heavy (non-hydrogen) atoms. The van der Waals surface area contributed by atoms with Gasteiger partial charge < -0.3 is 15.3 Å². The molecule has 5 heteroatoms. The predicted octanol–water partition coefficient (Wildman–Crippen LogP) is -0.329. The van der Waals surface area contributed by atoms with Crippen molar-refractivity contribution in [2.24, 2.45) is 0 Å². The monoisotopic (exact) mass is 211 g/mol. The topological polar surface area (TPSA) is 90.7 Å². The fourth-order valence-electron chi connectivity index (χ4n) is 1.17. The van der Waals surface area contributed by atoms with Crippen molar-refractivity contribution in [2.75, 3.05) is 6.61 Å². The lowest BCUT2D eigenvalue weighted by Crippen LogP contribution is -2.19. The van der Waals surface area contributed by atoms with E-state index < -0.39 is 12.2 Å². The van der Waals surface area contributed by atoms with Gasteiger partial charge in [-0.25, -0.2) is 0 Å². The van der Waals surface area contributed by atoms with Crippen molar-refractivity contribution in [3.63, 3.8) is 0 Å². The minimum atomic E-state index is -1.09. The van der Waals surface area contributed by atoms with Crippen molar-refractivity contribution < 1.29 is 20.1 Å². The number of nitrogens with zero attached hydrogens (tertiary/aromatic N) is 1. The first-order chi connectivity index (χ1) is 7.19. The Labute approximate surface area is 87.0 Å². The molecule has 82 valence electrons. The second-order valence-corrected chi connectivity index (χ2v) is 3.16. The fraction of sp³-hybridized carbons (Fsp3) is 0.400. The molecule has 3 N–H and O–H groups in total. The molecule has 0 spiro atoms. The number of hydrogen-bond donors (Lipinski definition) is 3. The highest BCUT2D eigenvalue weighted by Gasteiger charge is 2.17. The van der Waals surface area contributed by atoms with E-state index in [4.69, 9.17) is 5.11 Å². The van der Waals surface area contributed by atoms with Crippen LogP contribution < -0.4 is 0 Å². The van der Waals surface area contributed by atoms with Gasteiger partial charge in [0.25, 0.3) is 0 Å². The third kappa shape index (κ3) is 3.09. The average molecular weight is 211 g/mol. The number of pyridine rings is 1. The zero-order chi connectivity index (χ0) is 11.3. The number of aromatic nitrogens is 1. The van der Waals surface area contributed by atoms with Crippen molar-refractivity contribution in [1.29, 1.82) is 0 Å². The van der Waals surface area contributed by atoms with E-state index in [1.807, 2.05) is 0 Å². The molecule has 0 saturated carbocycles. The first-order valence-corrected chi connectivity index (χ1v) is 4.57. The van der Waals surface area contributed by atoms with Crippen LogP contribution in [0, 0.1) is 0 Å². The highest BCUT2D eigenvalue weighted by Crippen LogP contribution is 2.17. The number of hydrogen-bond acceptors (Lipinski definition) is 5. The Balaban J connectivity index is 2.73. The van der Waals surface area contributed by atoms with Gasteiger partial charge in [0.2, 0.25) is 0 Å². The Morgan fingerprint density at radius 2 is 2.13 bits per heavy atom. The zero-order valence-electron chi connectivity index (χ0n) is 8.08. The summed E-state index contributed by atoms with van der Waals surface area (Å²) in [6, 6.07) is 2.97. The molecule has 1 aromatic rings. The van der Waals surface area contributed by atoms with E-state index in [0.29, 0.717) is 11.8 Å². The normalized spacial score (nSPS) is 14.6. The minimum Gasteiger partial charge on any atom is -0.396 e. The summed E-state index contributed by atoms with van der Waals surface area (Å²) in [4.78, 5) is 14.1. The number of rotatable bonds is 5. The van der Waals surface area contributed by atoms with Crippen molar-refractivity contribution in [2.45, 2.75) is 18.6 Å². The van der Waals surface area contributed by atoms with Gasteiger partial charge in [-0.2, -0.15) is 0 Å². The molecule has 0 bridgehead atoms. The number of aldehydes is 1. The van der Waals surface area contributed by atoms with E-state index in [1.54, 1.807) is 0 Å². The highest BCUT2D eigenvalue weighted by atomic mass is 16.3. The van der Waals surface area contributed by atoms with Gasteiger partial charge >= 0.3 is 0 Å². The molecular formula is C10H13NO4. The van der Waals surface area contributed by atoms with Crippen LogP contribution in [0.5, 0.6) is 0 Å². The van der Waals surface area contributed by atoms with Crippen LogP contribution in [0.1, 0.15) is 28.6 Å². The predicted molar refractivity (Wildman–Crippen MR) is 52.3 cm³/mol. The van der Waals surface area contributed by atoms with Crippen LogP contribution >= 0.6 is 0 Å². The number of aliphatic hydroxyl groups excluding tert-OH is 3. The molecule has 0 amide bonds. The van der Waals surface area contributed by atoms with Gasteiger partial charge in [0.15, 0.2) is 6.29 Å². The zero-order valence-corrected chi connectivity index (χ0v) is 8.08. The molecule has 0 radical (unpaired) electrons. The van der Waals surface area contributed by atoms with Gasteiger partial charge in [0.1, 0.15) is 11.8 Å². The first-order valence-electron chi connectivity index (χ1n) is 4.57. The lowest BCUT2D eigenvalue weighted by Gasteiger charge is -2.16. The third-order valence-electron chi connectivity index (χ3n) is 2.06. The van der Waals surface area contributed by atoms with Gasteiger partial charge in [-0.1, -0.05) is 6.07 Å². The molecule has 0 saturated heterocycles. The van der Waals surface area contributed by atoms with Gasteiger partial charge in [0, 0.05) is 18.4 Å². The molecule has 5 nitrogen and oxygen atoms in total. The fourth-order valence-corrected chi connectivity index (χ4v) is 1.17. The van der Waals surface area contributed by atoms with Gasteiger partial charge in [-0.3, -0.25) is 9.78 Å². The van der Waals surface area contributed by atoms with Crippen molar-refractivity contribution in [3.8, 4) is 0 Å². The Morgan fingerprint density at radius 1 is 1.40 bits per heavy atom. The molecule has 0 aromatic carbocycles. The van der Waals surface area contributed by atoms with Crippen molar-refractivity contribution >= 4 is 6.29 Å². The number of carbonyl (C=O) groups excluding carboxylic acids is 1. The standard InChI is InChI=1S/C10H13NO4/c12-4-3-9(14)10(15)7-1-2-8(6-13)11-5-7/h1-2,5-6,9-10,12,14-15H,3-4H2. The Morgan fingerprint density at radius 3 is 2.60 bits per heavy atom. The van der Waals surface area contributed by atoms with Gasteiger partial charge in [0.05, 0.1) is 6.10 Å². The molecule has 1 heterocycles. The first kappa shape index (κ1) is 11.8. The van der Waals surface area contributed by atoms with Crippen molar-refractivity contribution in [1.82, 2.24) is 4.98 Å². The molecule has 0 aliphatic rings. The van der Waals surface area contributed by atoms with Crippen LogP contribution in [0.2, 0.25) is 0 Å². The summed E-state index contributed by atoms with van der Waals surface area (Å²) in [7, 11) is 0. The Kier molecular flexibility index (Phi) is 4.36. The van der Waals surface area contributed by atoms with Crippen molar-refractivity contribution in [3.05, 3.63) is 29.6 Å². The van der Waals surface area contributed by atoms with Gasteiger partial charge in [-0.15, -0.1) is 0 Å². The van der Waals surface area contributed by atoms with Crippen LogP contribution in [0.25, 0.3) is 0 Å². The van der Waals surface area contributed by atoms with E-state index in [-0.39, 0.29) is 18.7 Å². The summed E-state index contributed by atoms with van der Waals surface area (Å²) in [5, 5.41) is 27.6. The van der Waals surface area contributed by atoms with E-state index in [0.717, 1.165) is 0 Å². The number of carbonyl (C=O) groups is 1. The molecule has 1 aromatic heterocycles. The molecule has 0 aliphatic carbocycles.